The molecule has 16 heavy (non-hydrogen) atoms. The predicted molar refractivity (Wildman–Crippen MR) is 67.4 cm³/mol. The van der Waals surface area contributed by atoms with E-state index in [0.29, 0.717) is 6.61 Å². The van der Waals surface area contributed by atoms with Crippen LogP contribution < -0.4 is 0 Å². The van der Waals surface area contributed by atoms with E-state index in [4.69, 9.17) is 4.74 Å². The van der Waals surface area contributed by atoms with Crippen LogP contribution in [-0.4, -0.2) is 37.1 Å². The molecule has 0 atom stereocenters. The van der Waals surface area contributed by atoms with Gasteiger partial charge in [0.15, 0.2) is 0 Å². The van der Waals surface area contributed by atoms with Gasteiger partial charge in [-0.3, -0.25) is 4.79 Å². The summed E-state index contributed by atoms with van der Waals surface area (Å²) in [5, 5.41) is 0. The smallest absolute Gasteiger partial charge is 0.309 e. The van der Waals surface area contributed by atoms with Crippen molar-refractivity contribution in [2.75, 3.05) is 26.2 Å². The Morgan fingerprint density at radius 1 is 1.25 bits per heavy atom. The highest BCUT2D eigenvalue weighted by Gasteiger charge is 2.25. The molecule has 1 aliphatic heterocycles. The van der Waals surface area contributed by atoms with Gasteiger partial charge in [0.05, 0.1) is 12.5 Å². The van der Waals surface area contributed by atoms with Crippen LogP contribution in [-0.2, 0) is 9.53 Å². The summed E-state index contributed by atoms with van der Waals surface area (Å²) in [4.78, 5) is 13.8. The van der Waals surface area contributed by atoms with Gasteiger partial charge in [0, 0.05) is 0 Å². The molecule has 0 aromatic heterocycles. The molecule has 0 N–H and O–H groups in total. The molecular formula is C13H27NO2. The molecule has 3 nitrogen and oxygen atoms in total. The Labute approximate surface area is 100 Å². The van der Waals surface area contributed by atoms with Gasteiger partial charge in [-0.05, 0) is 45.8 Å². The summed E-state index contributed by atoms with van der Waals surface area (Å²) in [5.41, 5.74) is 0. The molecule has 0 radical (unpaired) electrons. The van der Waals surface area contributed by atoms with Crippen LogP contribution in [0.4, 0.5) is 0 Å². The Kier molecular flexibility index (Phi) is 9.30. The third kappa shape index (κ3) is 5.50. The Balaban J connectivity index is 0.00000106. The third-order valence-corrected chi connectivity index (χ3v) is 2.75. The predicted octanol–water partition coefficient (Wildman–Crippen LogP) is 2.70. The summed E-state index contributed by atoms with van der Waals surface area (Å²) in [6.07, 6.45) is 3.14. The fourth-order valence-electron chi connectivity index (χ4n) is 1.97. The first-order valence-corrected chi connectivity index (χ1v) is 6.66. The molecule has 0 aromatic carbocycles. The second-order valence-corrected chi connectivity index (χ2v) is 3.87. The zero-order valence-electron chi connectivity index (χ0n) is 11.3. The highest BCUT2D eigenvalue weighted by Crippen LogP contribution is 2.18. The van der Waals surface area contributed by atoms with Crippen LogP contribution in [0.5, 0.6) is 0 Å². The lowest BCUT2D eigenvalue weighted by Crippen LogP contribution is -2.37. The fraction of sp³-hybridized carbons (Fsp3) is 0.923. The van der Waals surface area contributed by atoms with E-state index in [9.17, 15) is 4.79 Å². The number of nitrogens with zero attached hydrogens (tertiary/aromatic N) is 1. The van der Waals surface area contributed by atoms with Crippen molar-refractivity contribution >= 4 is 5.97 Å². The van der Waals surface area contributed by atoms with Gasteiger partial charge >= 0.3 is 5.97 Å². The van der Waals surface area contributed by atoms with Crippen LogP contribution in [0.2, 0.25) is 0 Å². The maximum absolute atomic E-state index is 11.4. The van der Waals surface area contributed by atoms with E-state index in [2.05, 4.69) is 11.8 Å². The molecule has 0 spiro atoms. The molecule has 0 aliphatic carbocycles. The average molecular weight is 229 g/mol. The Morgan fingerprint density at radius 3 is 2.25 bits per heavy atom. The molecule has 0 saturated carbocycles. The van der Waals surface area contributed by atoms with Gasteiger partial charge < -0.3 is 9.64 Å². The molecule has 1 aliphatic rings. The molecule has 1 rings (SSSR count). The first-order chi connectivity index (χ1) is 7.77. The first-order valence-electron chi connectivity index (χ1n) is 6.66. The maximum Gasteiger partial charge on any atom is 0.309 e. The molecule has 0 bridgehead atoms. The van der Waals surface area contributed by atoms with Crippen LogP contribution in [0.25, 0.3) is 0 Å². The second kappa shape index (κ2) is 9.64. The number of esters is 1. The van der Waals surface area contributed by atoms with E-state index in [-0.39, 0.29) is 11.9 Å². The topological polar surface area (TPSA) is 29.5 Å². The van der Waals surface area contributed by atoms with E-state index in [1.54, 1.807) is 0 Å². The van der Waals surface area contributed by atoms with E-state index in [0.717, 1.165) is 32.5 Å². The van der Waals surface area contributed by atoms with Crippen molar-refractivity contribution in [1.82, 2.24) is 4.90 Å². The molecule has 96 valence electrons. The summed E-state index contributed by atoms with van der Waals surface area (Å²) < 4.78 is 5.02. The molecule has 1 saturated heterocycles. The van der Waals surface area contributed by atoms with E-state index in [1.165, 1.54) is 6.42 Å². The third-order valence-electron chi connectivity index (χ3n) is 2.75. The fourth-order valence-corrected chi connectivity index (χ4v) is 1.97. The minimum Gasteiger partial charge on any atom is -0.466 e. The monoisotopic (exact) mass is 229 g/mol. The summed E-state index contributed by atoms with van der Waals surface area (Å²) in [7, 11) is 0. The van der Waals surface area contributed by atoms with Crippen molar-refractivity contribution in [2.45, 2.75) is 47.0 Å². The maximum atomic E-state index is 11.4. The van der Waals surface area contributed by atoms with Crippen molar-refractivity contribution in [3.63, 3.8) is 0 Å². The number of hydrogen-bond acceptors (Lipinski definition) is 3. The molecule has 0 unspecified atom stereocenters. The summed E-state index contributed by atoms with van der Waals surface area (Å²) in [6.45, 7) is 11.8. The van der Waals surface area contributed by atoms with Gasteiger partial charge in [0.1, 0.15) is 0 Å². The van der Waals surface area contributed by atoms with Crippen LogP contribution in [0.15, 0.2) is 0 Å². The minimum absolute atomic E-state index is 0.00338. The van der Waals surface area contributed by atoms with Crippen molar-refractivity contribution in [3.05, 3.63) is 0 Å². The van der Waals surface area contributed by atoms with Crippen LogP contribution in [0.1, 0.15) is 47.0 Å². The highest BCUT2D eigenvalue weighted by molar-refractivity contribution is 5.72. The standard InChI is InChI=1S/C11H21NO2.C2H6/c1-3-7-12-8-5-10(6-9-12)11(13)14-4-2;1-2/h10H,3-9H2,1-2H3;1-2H3. The van der Waals surface area contributed by atoms with Gasteiger partial charge in [0.25, 0.3) is 0 Å². The number of piperidine rings is 1. The number of likely N-dealkylation sites (tertiary alicyclic amines) is 1. The van der Waals surface area contributed by atoms with Crippen molar-refractivity contribution < 1.29 is 9.53 Å². The van der Waals surface area contributed by atoms with Crippen molar-refractivity contribution in [2.24, 2.45) is 5.92 Å². The minimum atomic E-state index is 0.00338. The summed E-state index contributed by atoms with van der Waals surface area (Å²) in [5.74, 6) is 0.159. The average Bonchev–Trinajstić information content (AvgIpc) is 2.33. The van der Waals surface area contributed by atoms with Gasteiger partial charge in [-0.25, -0.2) is 0 Å². The number of hydrogen-bond donors (Lipinski definition) is 0. The first kappa shape index (κ1) is 15.4. The van der Waals surface area contributed by atoms with Gasteiger partial charge in [0.2, 0.25) is 0 Å². The van der Waals surface area contributed by atoms with E-state index in [1.807, 2.05) is 20.8 Å². The van der Waals surface area contributed by atoms with Crippen LogP contribution in [0.3, 0.4) is 0 Å². The van der Waals surface area contributed by atoms with Crippen LogP contribution in [0, 0.1) is 5.92 Å². The second-order valence-electron chi connectivity index (χ2n) is 3.87. The van der Waals surface area contributed by atoms with Crippen molar-refractivity contribution in [3.8, 4) is 0 Å². The summed E-state index contributed by atoms with van der Waals surface area (Å²) >= 11 is 0. The number of rotatable bonds is 4. The van der Waals surface area contributed by atoms with E-state index < -0.39 is 0 Å². The van der Waals surface area contributed by atoms with Crippen molar-refractivity contribution in [1.29, 1.82) is 0 Å². The number of ether oxygens (including phenoxy) is 1. The quantitative estimate of drug-likeness (QED) is 0.694. The molecule has 0 amide bonds. The zero-order valence-corrected chi connectivity index (χ0v) is 11.3. The SMILES string of the molecule is CC.CCCN1CCC(C(=O)OCC)CC1. The lowest BCUT2D eigenvalue weighted by molar-refractivity contribution is -0.149. The Bertz CT molecular complexity index is 175. The molecule has 1 heterocycles. The Hall–Kier alpha value is -0.570. The molecular weight excluding hydrogens is 202 g/mol. The zero-order chi connectivity index (χ0) is 12.4. The number of carbonyl (C=O) groups excluding carboxylic acids is 1. The lowest BCUT2D eigenvalue weighted by atomic mass is 9.97. The van der Waals surface area contributed by atoms with Gasteiger partial charge in [-0.15, -0.1) is 0 Å². The molecule has 1 fully saturated rings. The van der Waals surface area contributed by atoms with E-state index >= 15 is 0 Å². The highest BCUT2D eigenvalue weighted by atomic mass is 16.5. The lowest BCUT2D eigenvalue weighted by Gasteiger charge is -2.30. The van der Waals surface area contributed by atoms with Gasteiger partial charge in [-0.1, -0.05) is 20.8 Å². The van der Waals surface area contributed by atoms with Crippen LogP contribution >= 0.6 is 0 Å². The summed E-state index contributed by atoms with van der Waals surface area (Å²) in [6, 6.07) is 0. The normalized spacial score (nSPS) is 17.5. The molecule has 0 aromatic rings. The van der Waals surface area contributed by atoms with Gasteiger partial charge in [-0.2, -0.15) is 0 Å². The Morgan fingerprint density at radius 2 is 1.81 bits per heavy atom. The number of carbonyl (C=O) groups is 1. The molecule has 3 heteroatoms. The largest absolute Gasteiger partial charge is 0.466 e.